The number of hydrogen-bond acceptors (Lipinski definition) is 5. The lowest BCUT2D eigenvalue weighted by Crippen LogP contribution is -2.38. The second-order valence-electron chi connectivity index (χ2n) is 5.96. The Labute approximate surface area is 172 Å². The van der Waals surface area contributed by atoms with E-state index >= 15 is 0 Å². The highest BCUT2D eigenvalue weighted by Crippen LogP contribution is 2.21. The van der Waals surface area contributed by atoms with Crippen LogP contribution in [0.2, 0.25) is 10.0 Å². The summed E-state index contributed by atoms with van der Waals surface area (Å²) < 4.78 is 1.71. The maximum Gasteiger partial charge on any atom is 0.253 e. The Morgan fingerprint density at radius 3 is 2.85 bits per heavy atom. The van der Waals surface area contributed by atoms with Crippen molar-refractivity contribution >= 4 is 47.4 Å². The number of likely N-dealkylation sites (N-methyl/N-ethyl adjacent to an activating group) is 1. The van der Waals surface area contributed by atoms with Crippen molar-refractivity contribution in [3.63, 3.8) is 0 Å². The van der Waals surface area contributed by atoms with E-state index in [2.05, 4.69) is 26.3 Å². The average Bonchev–Trinajstić information content (AvgIpc) is 3.28. The van der Waals surface area contributed by atoms with Gasteiger partial charge in [-0.3, -0.25) is 9.59 Å². The quantitative estimate of drug-likeness (QED) is 0.665. The molecule has 2 amide bonds. The zero-order chi connectivity index (χ0) is 18.7. The van der Waals surface area contributed by atoms with Gasteiger partial charge in [-0.05, 0) is 24.6 Å². The Morgan fingerprint density at radius 2 is 2.15 bits per heavy atom. The first kappa shape index (κ1) is 21.4. The van der Waals surface area contributed by atoms with Gasteiger partial charge in [-0.15, -0.1) is 17.5 Å². The highest BCUT2D eigenvalue weighted by molar-refractivity contribution is 6.36. The predicted molar refractivity (Wildman–Crippen MR) is 104 cm³/mol. The Hall–Kier alpha value is -1.87. The highest BCUT2D eigenvalue weighted by atomic mass is 35.5. The summed E-state index contributed by atoms with van der Waals surface area (Å²) >= 11 is 11.9. The number of carbonyl (C=O) groups is 2. The minimum atomic E-state index is -0.316. The first-order chi connectivity index (χ1) is 12.5. The molecular formula is C16H19Cl3N6O2. The molecule has 2 heterocycles. The molecule has 0 spiro atoms. The van der Waals surface area contributed by atoms with Crippen LogP contribution in [0.3, 0.4) is 0 Å². The van der Waals surface area contributed by atoms with Crippen LogP contribution in [0.1, 0.15) is 28.5 Å². The lowest BCUT2D eigenvalue weighted by molar-refractivity contribution is -0.122. The lowest BCUT2D eigenvalue weighted by Gasteiger charge is -2.09. The Balaban J connectivity index is 0.00000261. The SMILES string of the molecule is CNC(=O)[C@@H]1C[C@H](n2cc(CNC(=O)c3ccc(Cl)cc3Cl)nn2)CN1.Cl. The fourth-order valence-electron chi connectivity index (χ4n) is 2.81. The van der Waals surface area contributed by atoms with Crippen molar-refractivity contribution < 1.29 is 9.59 Å². The minimum absolute atomic E-state index is 0. The van der Waals surface area contributed by atoms with Crippen molar-refractivity contribution in [3.8, 4) is 0 Å². The van der Waals surface area contributed by atoms with Crippen molar-refractivity contribution in [3.05, 3.63) is 45.7 Å². The molecule has 1 saturated heterocycles. The van der Waals surface area contributed by atoms with Crippen molar-refractivity contribution in [1.82, 2.24) is 30.9 Å². The molecule has 0 saturated carbocycles. The molecule has 2 aromatic rings. The van der Waals surface area contributed by atoms with E-state index in [0.717, 1.165) is 0 Å². The number of carbonyl (C=O) groups excluding carboxylic acids is 2. The molecule has 0 bridgehead atoms. The Kier molecular flexibility index (Phi) is 7.43. The van der Waals surface area contributed by atoms with Gasteiger partial charge in [0.05, 0.1) is 35.4 Å². The van der Waals surface area contributed by atoms with Gasteiger partial charge in [0.25, 0.3) is 5.91 Å². The molecule has 3 rings (SSSR count). The van der Waals surface area contributed by atoms with Gasteiger partial charge in [0.2, 0.25) is 5.91 Å². The number of amides is 2. The van der Waals surface area contributed by atoms with Gasteiger partial charge >= 0.3 is 0 Å². The molecule has 8 nitrogen and oxygen atoms in total. The summed E-state index contributed by atoms with van der Waals surface area (Å²) in [5, 5.41) is 17.5. The number of nitrogens with one attached hydrogen (secondary N) is 3. The fourth-order valence-corrected chi connectivity index (χ4v) is 3.30. The maximum atomic E-state index is 12.2. The van der Waals surface area contributed by atoms with E-state index in [1.807, 2.05) is 0 Å². The molecule has 1 aromatic carbocycles. The van der Waals surface area contributed by atoms with Crippen LogP contribution in [0, 0.1) is 0 Å². The van der Waals surface area contributed by atoms with Crippen molar-refractivity contribution in [2.24, 2.45) is 0 Å². The normalized spacial score (nSPS) is 18.6. The molecule has 1 aliphatic rings. The van der Waals surface area contributed by atoms with Gasteiger partial charge in [-0.1, -0.05) is 28.4 Å². The van der Waals surface area contributed by atoms with E-state index in [0.29, 0.717) is 29.2 Å². The van der Waals surface area contributed by atoms with Crippen molar-refractivity contribution in [2.75, 3.05) is 13.6 Å². The second-order valence-corrected chi connectivity index (χ2v) is 6.80. The third-order valence-electron chi connectivity index (χ3n) is 4.21. The van der Waals surface area contributed by atoms with Gasteiger partial charge in [-0.25, -0.2) is 4.68 Å². The van der Waals surface area contributed by atoms with Gasteiger partial charge in [0.1, 0.15) is 5.69 Å². The predicted octanol–water partition coefficient (Wildman–Crippen LogP) is 1.59. The number of hydrogen-bond donors (Lipinski definition) is 3. The van der Waals surface area contributed by atoms with Crippen LogP contribution in [0.15, 0.2) is 24.4 Å². The van der Waals surface area contributed by atoms with E-state index in [-0.39, 0.29) is 47.9 Å². The lowest BCUT2D eigenvalue weighted by atomic mass is 10.1. The zero-order valence-corrected chi connectivity index (χ0v) is 16.7. The average molecular weight is 434 g/mol. The summed E-state index contributed by atoms with van der Waals surface area (Å²) in [6.07, 6.45) is 2.40. The van der Waals surface area contributed by atoms with Crippen LogP contribution < -0.4 is 16.0 Å². The number of nitrogens with zero attached hydrogens (tertiary/aromatic N) is 3. The van der Waals surface area contributed by atoms with E-state index in [9.17, 15) is 9.59 Å². The topological polar surface area (TPSA) is 101 Å². The van der Waals surface area contributed by atoms with Crippen LogP contribution in [0.25, 0.3) is 0 Å². The summed E-state index contributed by atoms with van der Waals surface area (Å²) in [6, 6.07) is 4.50. The van der Waals surface area contributed by atoms with Gasteiger partial charge in [0.15, 0.2) is 0 Å². The summed E-state index contributed by atoms with van der Waals surface area (Å²) in [5.41, 5.74) is 0.962. The molecule has 3 N–H and O–H groups in total. The van der Waals surface area contributed by atoms with Gasteiger partial charge in [0, 0.05) is 18.6 Å². The Bertz CT molecular complexity index is 828. The summed E-state index contributed by atoms with van der Waals surface area (Å²) in [6.45, 7) is 0.852. The largest absolute Gasteiger partial charge is 0.358 e. The molecule has 0 unspecified atom stereocenters. The van der Waals surface area contributed by atoms with Gasteiger partial charge in [-0.2, -0.15) is 0 Å². The molecule has 146 valence electrons. The number of rotatable bonds is 5. The molecule has 0 aliphatic carbocycles. The fraction of sp³-hybridized carbons (Fsp3) is 0.375. The Morgan fingerprint density at radius 1 is 1.37 bits per heavy atom. The van der Waals surface area contributed by atoms with E-state index in [4.69, 9.17) is 23.2 Å². The van der Waals surface area contributed by atoms with Crippen molar-refractivity contribution in [2.45, 2.75) is 25.0 Å². The number of benzene rings is 1. The molecule has 1 aliphatic heterocycles. The van der Waals surface area contributed by atoms with E-state index < -0.39 is 0 Å². The third-order valence-corrected chi connectivity index (χ3v) is 4.76. The third kappa shape index (κ3) is 5.10. The smallest absolute Gasteiger partial charge is 0.253 e. The highest BCUT2D eigenvalue weighted by Gasteiger charge is 2.30. The summed E-state index contributed by atoms with van der Waals surface area (Å²) in [7, 11) is 1.61. The molecule has 2 atom stereocenters. The molecule has 11 heteroatoms. The summed E-state index contributed by atoms with van der Waals surface area (Å²) in [5.74, 6) is -0.358. The number of aromatic nitrogens is 3. The van der Waals surface area contributed by atoms with Crippen LogP contribution in [-0.4, -0.2) is 46.4 Å². The van der Waals surface area contributed by atoms with Crippen LogP contribution >= 0.6 is 35.6 Å². The van der Waals surface area contributed by atoms with Crippen LogP contribution in [-0.2, 0) is 11.3 Å². The van der Waals surface area contributed by atoms with Gasteiger partial charge < -0.3 is 16.0 Å². The molecular weight excluding hydrogens is 415 g/mol. The van der Waals surface area contributed by atoms with Crippen LogP contribution in [0.4, 0.5) is 0 Å². The summed E-state index contributed by atoms with van der Waals surface area (Å²) in [4.78, 5) is 23.9. The zero-order valence-electron chi connectivity index (χ0n) is 14.4. The molecule has 1 aromatic heterocycles. The van der Waals surface area contributed by atoms with Crippen LogP contribution in [0.5, 0.6) is 0 Å². The first-order valence-corrected chi connectivity index (χ1v) is 8.82. The monoisotopic (exact) mass is 432 g/mol. The standard InChI is InChI=1S/C16H18Cl2N6O2.ClH/c1-19-16(26)14-5-11(7-20-14)24-8-10(22-23-24)6-21-15(25)12-3-2-9(17)4-13(12)18;/h2-4,8,11,14,20H,5-7H2,1H3,(H,19,26)(H,21,25);1H/t11-,14-;/m0./s1. The molecule has 1 fully saturated rings. The molecule has 27 heavy (non-hydrogen) atoms. The number of halogens is 3. The first-order valence-electron chi connectivity index (χ1n) is 8.07. The molecule has 0 radical (unpaired) electrons. The second kappa shape index (κ2) is 9.36. The van der Waals surface area contributed by atoms with Crippen molar-refractivity contribution in [1.29, 1.82) is 0 Å². The van der Waals surface area contributed by atoms with E-state index in [1.54, 1.807) is 30.1 Å². The van der Waals surface area contributed by atoms with E-state index in [1.165, 1.54) is 6.07 Å². The maximum absolute atomic E-state index is 12.2. The minimum Gasteiger partial charge on any atom is -0.358 e.